The van der Waals surface area contributed by atoms with Crippen LogP contribution < -0.4 is 5.56 Å². The van der Waals surface area contributed by atoms with Gasteiger partial charge in [0.05, 0.1) is 12.1 Å². The zero-order valence-electron chi connectivity index (χ0n) is 14.5. The molecule has 0 unspecified atom stereocenters. The largest absolute Gasteiger partial charge is 0.289 e. The monoisotopic (exact) mass is 365 g/mol. The Bertz CT molecular complexity index is 1140. The van der Waals surface area contributed by atoms with Gasteiger partial charge in [0, 0.05) is 19.6 Å². The number of rotatable bonds is 5. The number of aryl methyl sites for hydroxylation is 1. The van der Waals surface area contributed by atoms with Gasteiger partial charge >= 0.3 is 0 Å². The highest BCUT2D eigenvalue weighted by Crippen LogP contribution is 2.30. The summed E-state index contributed by atoms with van der Waals surface area (Å²) in [6, 6.07) is 13.1. The lowest BCUT2D eigenvalue weighted by Gasteiger charge is -2.21. The second-order valence-electron chi connectivity index (χ2n) is 6.87. The maximum absolute atomic E-state index is 12.5. The second kappa shape index (κ2) is 6.03. The molecule has 0 bridgehead atoms. The predicted octanol–water partition coefficient (Wildman–Crippen LogP) is 2.81. The number of thiophene rings is 1. The van der Waals surface area contributed by atoms with E-state index in [2.05, 4.69) is 39.4 Å². The fraction of sp³-hybridized carbons (Fsp3) is 0.316. The summed E-state index contributed by atoms with van der Waals surface area (Å²) in [6.45, 7) is 1.63. The van der Waals surface area contributed by atoms with Gasteiger partial charge < -0.3 is 0 Å². The van der Waals surface area contributed by atoms with E-state index in [4.69, 9.17) is 0 Å². The summed E-state index contributed by atoms with van der Waals surface area (Å²) in [5.74, 6) is 1.49. The van der Waals surface area contributed by atoms with Crippen molar-refractivity contribution in [2.45, 2.75) is 32.0 Å². The van der Waals surface area contributed by atoms with Gasteiger partial charge in [0.2, 0.25) is 5.78 Å². The molecule has 3 heterocycles. The molecule has 1 aromatic carbocycles. The van der Waals surface area contributed by atoms with Crippen LogP contribution in [0.3, 0.4) is 0 Å². The van der Waals surface area contributed by atoms with Gasteiger partial charge in [0.25, 0.3) is 5.56 Å². The van der Waals surface area contributed by atoms with Gasteiger partial charge in [-0.2, -0.15) is 0 Å². The van der Waals surface area contributed by atoms with E-state index in [0.29, 0.717) is 11.8 Å². The summed E-state index contributed by atoms with van der Waals surface area (Å²) in [5.41, 5.74) is 2.20. The zero-order valence-corrected chi connectivity index (χ0v) is 15.3. The van der Waals surface area contributed by atoms with Crippen molar-refractivity contribution in [3.63, 3.8) is 0 Å². The van der Waals surface area contributed by atoms with Crippen LogP contribution in [0.5, 0.6) is 0 Å². The van der Waals surface area contributed by atoms with Crippen LogP contribution in [0, 0.1) is 0 Å². The molecule has 5 rings (SSSR count). The van der Waals surface area contributed by atoms with Gasteiger partial charge in [-0.25, -0.2) is 0 Å². The summed E-state index contributed by atoms with van der Waals surface area (Å²) in [7, 11) is 1.76. The SMILES string of the molecule is Cn1c(=O)c2sccc2n2c(CN(Cc3ccccc3)C3CC3)nnc12. The van der Waals surface area contributed by atoms with Crippen molar-refractivity contribution >= 4 is 27.3 Å². The fourth-order valence-corrected chi connectivity index (χ4v) is 4.36. The Hall–Kier alpha value is -2.51. The third-order valence-electron chi connectivity index (χ3n) is 5.03. The van der Waals surface area contributed by atoms with E-state index in [1.807, 2.05) is 21.9 Å². The van der Waals surface area contributed by atoms with Gasteiger partial charge in [0.15, 0.2) is 5.82 Å². The number of nitrogens with zero attached hydrogens (tertiary/aromatic N) is 5. The fourth-order valence-electron chi connectivity index (χ4n) is 3.51. The minimum absolute atomic E-state index is 0.00946. The van der Waals surface area contributed by atoms with Crippen LogP contribution in [-0.2, 0) is 20.1 Å². The normalized spacial score (nSPS) is 14.7. The van der Waals surface area contributed by atoms with Crippen molar-refractivity contribution in [2.75, 3.05) is 0 Å². The Morgan fingerprint density at radius 1 is 1.15 bits per heavy atom. The van der Waals surface area contributed by atoms with E-state index < -0.39 is 0 Å². The zero-order chi connectivity index (χ0) is 17.7. The Labute approximate surface area is 154 Å². The van der Waals surface area contributed by atoms with Gasteiger partial charge in [0.1, 0.15) is 4.70 Å². The smallest absolute Gasteiger partial charge is 0.272 e. The maximum Gasteiger partial charge on any atom is 0.272 e. The van der Waals surface area contributed by atoms with Crippen LogP contribution in [0.2, 0.25) is 0 Å². The van der Waals surface area contributed by atoms with Crippen LogP contribution in [0.4, 0.5) is 0 Å². The lowest BCUT2D eigenvalue weighted by molar-refractivity contribution is 0.239. The molecule has 3 aromatic heterocycles. The Morgan fingerprint density at radius 2 is 1.96 bits per heavy atom. The lowest BCUT2D eigenvalue weighted by atomic mass is 10.2. The topological polar surface area (TPSA) is 55.4 Å². The molecule has 26 heavy (non-hydrogen) atoms. The van der Waals surface area contributed by atoms with E-state index in [1.54, 1.807) is 11.6 Å². The third kappa shape index (κ3) is 2.55. The molecule has 0 N–H and O–H groups in total. The van der Waals surface area contributed by atoms with Gasteiger partial charge in [-0.1, -0.05) is 30.3 Å². The average Bonchev–Trinajstić information content (AvgIpc) is 3.24. The minimum atomic E-state index is -0.00946. The molecule has 0 saturated heterocycles. The van der Waals surface area contributed by atoms with Crippen molar-refractivity contribution < 1.29 is 0 Å². The Kier molecular flexibility index (Phi) is 3.65. The van der Waals surface area contributed by atoms with Crippen molar-refractivity contribution in [3.05, 3.63) is 63.5 Å². The quantitative estimate of drug-likeness (QED) is 0.546. The highest BCUT2D eigenvalue weighted by molar-refractivity contribution is 7.17. The van der Waals surface area contributed by atoms with E-state index in [9.17, 15) is 4.79 Å². The molecule has 1 aliphatic rings. The molecule has 6 nitrogen and oxygen atoms in total. The summed E-state index contributed by atoms with van der Waals surface area (Å²) >= 11 is 1.47. The molecular formula is C19H19N5OS. The highest BCUT2D eigenvalue weighted by Gasteiger charge is 2.30. The highest BCUT2D eigenvalue weighted by atomic mass is 32.1. The summed E-state index contributed by atoms with van der Waals surface area (Å²) in [4.78, 5) is 14.9. The molecule has 1 fully saturated rings. The molecule has 7 heteroatoms. The number of aromatic nitrogens is 4. The molecule has 0 spiro atoms. The Balaban J connectivity index is 1.57. The van der Waals surface area contributed by atoms with E-state index >= 15 is 0 Å². The first kappa shape index (κ1) is 15.7. The average molecular weight is 365 g/mol. The third-order valence-corrected chi connectivity index (χ3v) is 5.93. The van der Waals surface area contributed by atoms with E-state index in [1.165, 1.54) is 29.7 Å². The van der Waals surface area contributed by atoms with Crippen LogP contribution in [-0.4, -0.2) is 30.1 Å². The van der Waals surface area contributed by atoms with Crippen molar-refractivity contribution in [1.29, 1.82) is 0 Å². The van der Waals surface area contributed by atoms with Crippen LogP contribution >= 0.6 is 11.3 Å². The summed E-state index contributed by atoms with van der Waals surface area (Å²) < 4.78 is 4.38. The molecular weight excluding hydrogens is 346 g/mol. The van der Waals surface area contributed by atoms with E-state index in [-0.39, 0.29) is 5.56 Å². The molecule has 1 aliphatic carbocycles. The summed E-state index contributed by atoms with van der Waals surface area (Å²) in [6.07, 6.45) is 2.46. The molecule has 4 aromatic rings. The second-order valence-corrected chi connectivity index (χ2v) is 7.79. The molecule has 0 amide bonds. The number of hydrogen-bond acceptors (Lipinski definition) is 5. The van der Waals surface area contributed by atoms with Crippen molar-refractivity contribution in [2.24, 2.45) is 7.05 Å². The summed E-state index contributed by atoms with van der Waals surface area (Å²) in [5, 5.41) is 10.7. The standard InChI is InChI=1S/C19H19N5OS/c1-22-18(25)17-15(9-10-26-17)24-16(20-21-19(22)24)12-23(14-7-8-14)11-13-5-3-2-4-6-13/h2-6,9-10,14H,7-8,11-12H2,1H3. The van der Waals surface area contributed by atoms with Gasteiger partial charge in [-0.05, 0) is 29.9 Å². The van der Waals surface area contributed by atoms with Gasteiger partial charge in [-0.15, -0.1) is 21.5 Å². The molecule has 1 saturated carbocycles. The number of hydrogen-bond donors (Lipinski definition) is 0. The number of fused-ring (bicyclic) bond motifs is 3. The first-order chi connectivity index (χ1) is 12.7. The molecule has 0 aliphatic heterocycles. The maximum atomic E-state index is 12.5. The Morgan fingerprint density at radius 3 is 2.73 bits per heavy atom. The lowest BCUT2D eigenvalue weighted by Crippen LogP contribution is -2.26. The van der Waals surface area contributed by atoms with Crippen LogP contribution in [0.25, 0.3) is 16.0 Å². The predicted molar refractivity (Wildman–Crippen MR) is 102 cm³/mol. The van der Waals surface area contributed by atoms with E-state index in [0.717, 1.165) is 29.1 Å². The first-order valence-corrected chi connectivity index (χ1v) is 9.68. The molecule has 0 atom stereocenters. The van der Waals surface area contributed by atoms with Crippen LogP contribution in [0.1, 0.15) is 24.2 Å². The van der Waals surface area contributed by atoms with Crippen molar-refractivity contribution in [3.8, 4) is 0 Å². The van der Waals surface area contributed by atoms with Crippen LogP contribution in [0.15, 0.2) is 46.6 Å². The molecule has 132 valence electrons. The minimum Gasteiger partial charge on any atom is -0.289 e. The first-order valence-electron chi connectivity index (χ1n) is 8.80. The molecule has 0 radical (unpaired) electrons. The van der Waals surface area contributed by atoms with Crippen molar-refractivity contribution in [1.82, 2.24) is 24.1 Å². The number of benzene rings is 1. The van der Waals surface area contributed by atoms with Gasteiger partial charge in [-0.3, -0.25) is 18.7 Å².